The number of nitrogens with zero attached hydrogens (tertiary/aromatic N) is 2. The molecule has 0 spiro atoms. The first kappa shape index (κ1) is 29.5. The molecule has 0 saturated carbocycles. The van der Waals surface area contributed by atoms with Crippen molar-refractivity contribution in [2.45, 2.75) is 38.0 Å². The molecule has 3 heterocycles. The SMILES string of the molecule is COc1cc(C(=O)NC[C@](O)(c2cc3c(c(-c4ccc(F)c(Cl)c4)n2)OCC3(C)C)C(F)(F)F)cc2cc(C)cnc12. The van der Waals surface area contributed by atoms with Crippen LogP contribution >= 0.6 is 11.6 Å². The van der Waals surface area contributed by atoms with Gasteiger partial charge in [0.05, 0.1) is 31.0 Å². The molecule has 0 bridgehead atoms. The van der Waals surface area contributed by atoms with Gasteiger partial charge in [0.2, 0.25) is 5.60 Å². The zero-order valence-corrected chi connectivity index (χ0v) is 23.7. The number of pyridine rings is 2. The lowest BCUT2D eigenvalue weighted by Crippen LogP contribution is -2.51. The molecule has 0 saturated heterocycles. The third-order valence-corrected chi connectivity index (χ3v) is 7.53. The fourth-order valence-electron chi connectivity index (χ4n) is 4.82. The van der Waals surface area contributed by atoms with Gasteiger partial charge < -0.3 is 19.9 Å². The fraction of sp³-hybridized carbons (Fsp3) is 0.300. The van der Waals surface area contributed by atoms with Gasteiger partial charge in [0.1, 0.15) is 28.5 Å². The smallest absolute Gasteiger partial charge is 0.424 e. The number of carbonyl (C=O) groups excluding carboxylic acids is 1. The minimum atomic E-state index is -5.26. The maximum atomic E-state index is 14.6. The first-order chi connectivity index (χ1) is 19.6. The van der Waals surface area contributed by atoms with Crippen molar-refractivity contribution in [2.24, 2.45) is 0 Å². The Kier molecular flexibility index (Phi) is 7.31. The van der Waals surface area contributed by atoms with E-state index in [1.165, 1.54) is 31.4 Å². The molecule has 2 aromatic carbocycles. The zero-order valence-electron chi connectivity index (χ0n) is 23.0. The largest absolute Gasteiger partial charge is 0.494 e. The third kappa shape index (κ3) is 5.11. The quantitative estimate of drug-likeness (QED) is 0.253. The first-order valence-corrected chi connectivity index (χ1v) is 13.2. The van der Waals surface area contributed by atoms with Gasteiger partial charge >= 0.3 is 6.18 Å². The van der Waals surface area contributed by atoms with E-state index in [2.05, 4.69) is 15.3 Å². The minimum Gasteiger partial charge on any atom is -0.494 e. The number of aryl methyl sites for hydroxylation is 1. The molecule has 0 aliphatic carbocycles. The number of fused-ring (bicyclic) bond motifs is 2. The van der Waals surface area contributed by atoms with Crippen molar-refractivity contribution in [1.29, 1.82) is 0 Å². The number of rotatable bonds is 6. The molecule has 4 aromatic rings. The van der Waals surface area contributed by atoms with E-state index in [4.69, 9.17) is 21.1 Å². The lowest BCUT2D eigenvalue weighted by molar-refractivity contribution is -0.265. The van der Waals surface area contributed by atoms with Gasteiger partial charge in [0.15, 0.2) is 0 Å². The highest BCUT2D eigenvalue weighted by molar-refractivity contribution is 6.31. The number of amides is 1. The van der Waals surface area contributed by atoms with Crippen LogP contribution in [0, 0.1) is 12.7 Å². The predicted molar refractivity (Wildman–Crippen MR) is 148 cm³/mol. The van der Waals surface area contributed by atoms with E-state index >= 15 is 0 Å². The number of hydrogen-bond acceptors (Lipinski definition) is 6. The number of halogens is 5. The first-order valence-electron chi connectivity index (χ1n) is 12.8. The molecular formula is C30H26ClF4N3O4. The van der Waals surface area contributed by atoms with Crippen LogP contribution in [0.1, 0.15) is 41.0 Å². The van der Waals surface area contributed by atoms with Gasteiger partial charge in [0.25, 0.3) is 5.91 Å². The lowest BCUT2D eigenvalue weighted by atomic mass is 9.84. The molecule has 12 heteroatoms. The van der Waals surface area contributed by atoms with E-state index < -0.39 is 41.2 Å². The second-order valence-electron chi connectivity index (χ2n) is 10.8. The van der Waals surface area contributed by atoms with E-state index in [-0.39, 0.29) is 39.9 Å². The van der Waals surface area contributed by atoms with Gasteiger partial charge in [-0.15, -0.1) is 0 Å². The number of ether oxygens (including phenoxy) is 2. The monoisotopic (exact) mass is 603 g/mol. The molecule has 0 fully saturated rings. The summed E-state index contributed by atoms with van der Waals surface area (Å²) < 4.78 is 68.9. The number of benzene rings is 2. The Bertz CT molecular complexity index is 1730. The van der Waals surface area contributed by atoms with Crippen LogP contribution in [0.4, 0.5) is 17.6 Å². The summed E-state index contributed by atoms with van der Waals surface area (Å²) in [7, 11) is 1.39. The fourth-order valence-corrected chi connectivity index (χ4v) is 5.00. The molecule has 0 unspecified atom stereocenters. The molecule has 7 nitrogen and oxygen atoms in total. The van der Waals surface area contributed by atoms with Crippen LogP contribution in [0.5, 0.6) is 11.5 Å². The molecule has 0 radical (unpaired) electrons. The molecule has 2 N–H and O–H groups in total. The summed E-state index contributed by atoms with van der Waals surface area (Å²) in [5, 5.41) is 13.7. The van der Waals surface area contributed by atoms with E-state index in [0.717, 1.165) is 17.7 Å². The Morgan fingerprint density at radius 2 is 1.93 bits per heavy atom. The molecule has 1 amide bonds. The average molecular weight is 604 g/mol. The summed E-state index contributed by atoms with van der Waals surface area (Å²) in [5.41, 5.74) is -3.31. The highest BCUT2D eigenvalue weighted by Crippen LogP contribution is 2.48. The Labute approximate surface area is 243 Å². The van der Waals surface area contributed by atoms with E-state index in [1.807, 2.05) is 0 Å². The van der Waals surface area contributed by atoms with E-state index in [0.29, 0.717) is 16.5 Å². The van der Waals surface area contributed by atoms with Gasteiger partial charge in [-0.2, -0.15) is 13.2 Å². The summed E-state index contributed by atoms with van der Waals surface area (Å²) in [6, 6.07) is 9.31. The summed E-state index contributed by atoms with van der Waals surface area (Å²) in [6.45, 7) is 4.22. The summed E-state index contributed by atoms with van der Waals surface area (Å²) >= 11 is 5.95. The van der Waals surface area contributed by atoms with E-state index in [1.54, 1.807) is 33.0 Å². The standard InChI is InChI=1S/C30H26ClF4N3O4/c1-15-7-17-8-18(10-22(41-4)24(17)36-12-15)27(39)37-13-29(40,30(33,34)35)23-11-19-26(42-14-28(19,2)3)25(38-23)16-5-6-21(32)20(31)9-16/h5-12,40H,13-14H2,1-4H3,(H,37,39)/t29-/m0/s1. The van der Waals surface area contributed by atoms with Gasteiger partial charge in [-0.05, 0) is 55.0 Å². The Hall–Kier alpha value is -3.96. The Morgan fingerprint density at radius 1 is 1.19 bits per heavy atom. The summed E-state index contributed by atoms with van der Waals surface area (Å²) in [6.07, 6.45) is -3.64. The number of aromatic nitrogens is 2. The van der Waals surface area contributed by atoms with Gasteiger partial charge in [-0.3, -0.25) is 9.78 Å². The number of nitrogens with one attached hydrogen (secondary N) is 1. The number of hydrogen-bond donors (Lipinski definition) is 2. The van der Waals surface area contributed by atoms with Gasteiger partial charge in [-0.25, -0.2) is 9.37 Å². The Balaban J connectivity index is 1.57. The van der Waals surface area contributed by atoms with Crippen molar-refractivity contribution in [1.82, 2.24) is 15.3 Å². The maximum Gasteiger partial charge on any atom is 0.424 e. The molecule has 1 atom stereocenters. The lowest BCUT2D eigenvalue weighted by Gasteiger charge is -2.31. The molecule has 2 aromatic heterocycles. The molecule has 220 valence electrons. The minimum absolute atomic E-state index is 0.00867. The maximum absolute atomic E-state index is 14.6. The topological polar surface area (TPSA) is 93.6 Å². The molecule has 1 aliphatic heterocycles. The van der Waals surface area contributed by atoms with Crippen LogP contribution in [-0.4, -0.2) is 47.4 Å². The highest BCUT2D eigenvalue weighted by atomic mass is 35.5. The number of carbonyl (C=O) groups is 1. The third-order valence-electron chi connectivity index (χ3n) is 7.24. The molecular weight excluding hydrogens is 578 g/mol. The van der Waals surface area contributed by atoms with E-state index in [9.17, 15) is 27.5 Å². The number of methoxy groups -OCH3 is 1. The van der Waals surface area contributed by atoms with Crippen LogP contribution in [0.15, 0.2) is 48.7 Å². The van der Waals surface area contributed by atoms with Crippen molar-refractivity contribution < 1.29 is 36.9 Å². The molecule has 1 aliphatic rings. The second-order valence-corrected chi connectivity index (χ2v) is 11.2. The van der Waals surface area contributed by atoms with Crippen molar-refractivity contribution >= 4 is 28.4 Å². The molecule has 5 rings (SSSR count). The highest BCUT2D eigenvalue weighted by Gasteiger charge is 2.57. The van der Waals surface area contributed by atoms with Crippen LogP contribution < -0.4 is 14.8 Å². The second kappa shape index (κ2) is 10.4. The van der Waals surface area contributed by atoms with Crippen molar-refractivity contribution in [3.63, 3.8) is 0 Å². The number of aliphatic hydroxyl groups is 1. The van der Waals surface area contributed by atoms with Crippen molar-refractivity contribution in [2.75, 3.05) is 20.3 Å². The van der Waals surface area contributed by atoms with Crippen LogP contribution in [0.2, 0.25) is 5.02 Å². The molecule has 42 heavy (non-hydrogen) atoms. The predicted octanol–water partition coefficient (Wildman–Crippen LogP) is 6.26. The zero-order chi connectivity index (χ0) is 30.6. The van der Waals surface area contributed by atoms with Crippen LogP contribution in [0.25, 0.3) is 22.2 Å². The van der Waals surface area contributed by atoms with Crippen LogP contribution in [0.3, 0.4) is 0 Å². The summed E-state index contributed by atoms with van der Waals surface area (Å²) in [5.74, 6) is -1.14. The van der Waals surface area contributed by atoms with Crippen molar-refractivity contribution in [3.05, 3.63) is 81.9 Å². The van der Waals surface area contributed by atoms with Crippen molar-refractivity contribution in [3.8, 4) is 22.8 Å². The van der Waals surface area contributed by atoms with Crippen LogP contribution in [-0.2, 0) is 11.0 Å². The average Bonchev–Trinajstić information content (AvgIpc) is 3.25. The summed E-state index contributed by atoms with van der Waals surface area (Å²) in [4.78, 5) is 21.6. The number of alkyl halides is 3. The normalized spacial score (nSPS) is 15.6. The van der Waals surface area contributed by atoms with Gasteiger partial charge in [0, 0.05) is 33.7 Å². The van der Waals surface area contributed by atoms with Gasteiger partial charge in [-0.1, -0.05) is 25.4 Å². The Morgan fingerprint density at radius 3 is 2.60 bits per heavy atom.